The Hall–Kier alpha value is -2.89. The van der Waals surface area contributed by atoms with Gasteiger partial charge in [-0.25, -0.2) is 26.6 Å². The van der Waals surface area contributed by atoms with Gasteiger partial charge in [-0.15, -0.1) is 11.8 Å². The van der Waals surface area contributed by atoms with Crippen molar-refractivity contribution in [1.29, 1.82) is 0 Å². The number of esters is 1. The van der Waals surface area contributed by atoms with Crippen molar-refractivity contribution < 1.29 is 49.6 Å². The van der Waals surface area contributed by atoms with Crippen molar-refractivity contribution in [2.75, 3.05) is 29.9 Å². The molecule has 2 fully saturated rings. The molecule has 0 spiro atoms. The minimum Gasteiger partial charge on any atom is -0.489 e. The molecule has 1 aromatic heterocycles. The summed E-state index contributed by atoms with van der Waals surface area (Å²) in [5, 5.41) is -0.775. The zero-order valence-electron chi connectivity index (χ0n) is 24.7. The first-order valence-electron chi connectivity index (χ1n) is 14.2. The number of ether oxygens (including phenoxy) is 3. The second-order valence-electron chi connectivity index (χ2n) is 10.8. The molecule has 18 heteroatoms. The summed E-state index contributed by atoms with van der Waals surface area (Å²) in [6.07, 6.45) is 4.70. The number of carbonyl (C=O) groups excluding carboxylic acids is 1. The summed E-state index contributed by atoms with van der Waals surface area (Å²) in [4.78, 5) is 16.4. The second-order valence-corrected chi connectivity index (χ2v) is 16.5. The molecule has 0 bridgehead atoms. The number of benzene rings is 2. The SMILES string of the molecule is CS(=O)(=O)Nc1ccc(S(=O)(=O)N2CCSC2C(=O)O[C@@H](Cc2c(Cl)c[nH+]cc2Cl)c2ccc(OC(F)F)c(OCC3CC3)c2)cc1. The molecule has 5 rings (SSSR count). The number of anilines is 1. The van der Waals surface area contributed by atoms with Gasteiger partial charge < -0.3 is 14.2 Å². The van der Waals surface area contributed by atoms with E-state index in [2.05, 4.69) is 14.4 Å². The van der Waals surface area contributed by atoms with Crippen LogP contribution in [0.15, 0.2) is 59.8 Å². The molecule has 3 aromatic rings. The van der Waals surface area contributed by atoms with E-state index in [4.69, 9.17) is 32.7 Å². The summed E-state index contributed by atoms with van der Waals surface area (Å²) in [7, 11) is -7.80. The highest BCUT2D eigenvalue weighted by atomic mass is 35.5. The van der Waals surface area contributed by atoms with Gasteiger partial charge in [0.1, 0.15) is 16.1 Å². The monoisotopic (exact) mass is 752 g/mol. The van der Waals surface area contributed by atoms with Crippen LogP contribution in [0.25, 0.3) is 0 Å². The van der Waals surface area contributed by atoms with Crippen LogP contribution in [0.1, 0.15) is 30.1 Å². The smallest absolute Gasteiger partial charge is 0.387 e. The predicted molar refractivity (Wildman–Crippen MR) is 172 cm³/mol. The summed E-state index contributed by atoms with van der Waals surface area (Å²) in [5.74, 6) is -0.449. The van der Waals surface area contributed by atoms with Gasteiger partial charge in [0.15, 0.2) is 29.3 Å². The van der Waals surface area contributed by atoms with Crippen molar-refractivity contribution in [2.24, 2.45) is 5.92 Å². The molecule has 1 unspecified atom stereocenters. The Morgan fingerprint density at radius 3 is 2.36 bits per heavy atom. The number of nitrogens with one attached hydrogen (secondary N) is 2. The number of halogens is 4. The number of H-pyrrole nitrogens is 1. The number of hydrogen-bond acceptors (Lipinski definition) is 9. The summed E-state index contributed by atoms with van der Waals surface area (Å²) in [6.45, 7) is -2.81. The molecule has 1 saturated heterocycles. The fourth-order valence-corrected chi connectivity index (χ4v) is 8.88. The van der Waals surface area contributed by atoms with Crippen LogP contribution in [0.5, 0.6) is 11.5 Å². The number of sulfonamides is 2. The van der Waals surface area contributed by atoms with Crippen molar-refractivity contribution >= 4 is 66.7 Å². The molecule has 47 heavy (non-hydrogen) atoms. The Labute approximate surface area is 285 Å². The highest BCUT2D eigenvalue weighted by Gasteiger charge is 2.42. The van der Waals surface area contributed by atoms with Gasteiger partial charge in [0.05, 0.1) is 17.8 Å². The van der Waals surface area contributed by atoms with Crippen LogP contribution in [0, 0.1) is 5.92 Å². The number of pyridine rings is 1. The summed E-state index contributed by atoms with van der Waals surface area (Å²) in [5.41, 5.74) is 0.934. The van der Waals surface area contributed by atoms with Crippen LogP contribution in [0.3, 0.4) is 0 Å². The van der Waals surface area contributed by atoms with Gasteiger partial charge in [0.2, 0.25) is 20.0 Å². The molecule has 2 heterocycles. The lowest BCUT2D eigenvalue weighted by Crippen LogP contribution is -2.40. The average molecular weight is 754 g/mol. The van der Waals surface area contributed by atoms with Crippen LogP contribution in [-0.4, -0.2) is 64.3 Å². The van der Waals surface area contributed by atoms with E-state index in [1.54, 1.807) is 0 Å². The van der Waals surface area contributed by atoms with E-state index in [0.29, 0.717) is 22.8 Å². The van der Waals surface area contributed by atoms with Gasteiger partial charge in [-0.3, -0.25) is 4.72 Å². The maximum absolute atomic E-state index is 13.8. The largest absolute Gasteiger partial charge is 0.489 e. The molecule has 11 nitrogen and oxygen atoms in total. The van der Waals surface area contributed by atoms with E-state index in [1.807, 2.05) is 0 Å². The average Bonchev–Trinajstić information content (AvgIpc) is 3.69. The summed E-state index contributed by atoms with van der Waals surface area (Å²) >= 11 is 13.9. The van der Waals surface area contributed by atoms with Crippen LogP contribution in [0.4, 0.5) is 14.5 Å². The maximum Gasteiger partial charge on any atom is 0.387 e. The minimum absolute atomic E-state index is 0.00572. The molecular weight excluding hydrogens is 723 g/mol. The third-order valence-corrected chi connectivity index (χ3v) is 11.7. The third-order valence-electron chi connectivity index (χ3n) is 7.19. The summed E-state index contributed by atoms with van der Waals surface area (Å²) in [6, 6.07) is 9.25. The van der Waals surface area contributed by atoms with E-state index in [0.717, 1.165) is 35.2 Å². The number of aromatic nitrogens is 1. The Morgan fingerprint density at radius 1 is 1.06 bits per heavy atom. The zero-order chi connectivity index (χ0) is 33.9. The molecule has 2 atom stereocenters. The number of rotatable bonds is 14. The van der Waals surface area contributed by atoms with Gasteiger partial charge in [0.25, 0.3) is 0 Å². The van der Waals surface area contributed by atoms with Crippen LogP contribution >= 0.6 is 35.0 Å². The highest BCUT2D eigenvalue weighted by Crippen LogP contribution is 2.39. The standard InChI is InChI=1S/C29H29Cl2F2N3O8S3/c1-46(38,39)35-19-5-7-20(8-6-19)47(40,41)36-10-11-45-27(36)28(37)43-25(13-21-22(30)14-34-15-23(21)31)18-4-9-24(44-29(32)33)26(12-18)42-16-17-2-3-17/h4-9,12,14-15,17,25,27,29,35H,2-3,10-11,13,16H2,1H3/p+1/t25-,27?/m0/s1. The van der Waals surface area contributed by atoms with Gasteiger partial charge >= 0.3 is 12.6 Å². The molecule has 1 aliphatic carbocycles. The summed E-state index contributed by atoms with van der Waals surface area (Å²) < 4.78 is 96.4. The van der Waals surface area contributed by atoms with E-state index in [9.17, 15) is 30.4 Å². The number of thioether (sulfide) groups is 1. The van der Waals surface area contributed by atoms with E-state index < -0.39 is 44.1 Å². The lowest BCUT2D eigenvalue weighted by atomic mass is 10.0. The van der Waals surface area contributed by atoms with Gasteiger partial charge in [0, 0.05) is 30.0 Å². The molecular formula is C29H30Cl2F2N3O8S3+. The Balaban J connectivity index is 1.43. The molecule has 254 valence electrons. The first-order valence-corrected chi connectivity index (χ1v) is 19.3. The third kappa shape index (κ3) is 9.18. The van der Waals surface area contributed by atoms with Crippen molar-refractivity contribution in [3.05, 3.63) is 76.0 Å². The maximum atomic E-state index is 13.8. The topological polar surface area (TPSA) is 142 Å². The molecule has 2 aliphatic rings. The Morgan fingerprint density at radius 2 is 1.74 bits per heavy atom. The number of hydrogen-bond donors (Lipinski definition) is 1. The Kier molecular flexibility index (Phi) is 11.1. The number of aromatic amines is 1. The van der Waals surface area contributed by atoms with Gasteiger partial charge in [-0.2, -0.15) is 13.1 Å². The molecule has 0 amide bonds. The van der Waals surface area contributed by atoms with E-state index >= 15 is 0 Å². The first kappa shape index (κ1) is 35.4. The fraction of sp³-hybridized carbons (Fsp3) is 0.379. The van der Waals surface area contributed by atoms with Gasteiger partial charge in [-0.1, -0.05) is 29.3 Å². The zero-order valence-corrected chi connectivity index (χ0v) is 28.7. The minimum atomic E-state index is -4.22. The first-order chi connectivity index (χ1) is 22.2. The Bertz CT molecular complexity index is 1810. The van der Waals surface area contributed by atoms with Gasteiger partial charge in [-0.05, 0) is 60.7 Å². The normalized spacial score (nSPS) is 17.8. The fourth-order valence-electron chi connectivity index (χ4n) is 4.74. The lowest BCUT2D eigenvalue weighted by molar-refractivity contribution is -0.377. The highest BCUT2D eigenvalue weighted by molar-refractivity contribution is 8.02. The number of nitrogens with zero attached hydrogens (tertiary/aromatic N) is 1. The van der Waals surface area contributed by atoms with Crippen molar-refractivity contribution in [1.82, 2.24) is 4.31 Å². The van der Waals surface area contributed by atoms with Crippen LogP contribution in [-0.2, 0) is 36.0 Å². The molecule has 1 saturated carbocycles. The van der Waals surface area contributed by atoms with Crippen LogP contribution in [0.2, 0.25) is 10.0 Å². The van der Waals surface area contributed by atoms with E-state index in [-0.39, 0.29) is 51.7 Å². The van der Waals surface area contributed by atoms with Crippen molar-refractivity contribution in [3.63, 3.8) is 0 Å². The molecule has 1 aliphatic heterocycles. The number of alkyl halides is 2. The van der Waals surface area contributed by atoms with Crippen LogP contribution < -0.4 is 19.2 Å². The van der Waals surface area contributed by atoms with Crippen molar-refractivity contribution in [3.8, 4) is 11.5 Å². The predicted octanol–water partition coefficient (Wildman–Crippen LogP) is 5.16. The molecule has 2 N–H and O–H groups in total. The molecule has 0 radical (unpaired) electrons. The van der Waals surface area contributed by atoms with E-state index in [1.165, 1.54) is 54.9 Å². The van der Waals surface area contributed by atoms with Crippen molar-refractivity contribution in [2.45, 2.75) is 42.2 Å². The molecule has 2 aromatic carbocycles. The number of carbonyl (C=O) groups is 1. The quantitative estimate of drug-likeness (QED) is 0.221. The lowest BCUT2D eigenvalue weighted by Gasteiger charge is -2.26. The second kappa shape index (κ2) is 14.7.